The lowest BCUT2D eigenvalue weighted by atomic mass is 9.79. The van der Waals surface area contributed by atoms with Crippen molar-refractivity contribution in [3.8, 4) is 11.1 Å². The van der Waals surface area contributed by atoms with Crippen molar-refractivity contribution in [2.75, 3.05) is 5.32 Å². The molecule has 1 aliphatic carbocycles. The molecule has 0 unspecified atom stereocenters. The first-order valence-electron chi connectivity index (χ1n) is 7.68. The van der Waals surface area contributed by atoms with E-state index in [1.807, 2.05) is 30.3 Å². The molecule has 0 radical (unpaired) electrons. The van der Waals surface area contributed by atoms with Crippen LogP contribution in [0.5, 0.6) is 0 Å². The van der Waals surface area contributed by atoms with E-state index in [1.165, 1.54) is 5.56 Å². The molecule has 2 heteroatoms. The Bertz CT molecular complexity index is 713. The van der Waals surface area contributed by atoms with Gasteiger partial charge in [-0.05, 0) is 23.5 Å². The summed E-state index contributed by atoms with van der Waals surface area (Å²) >= 11 is 0. The number of hydrogen-bond acceptors (Lipinski definition) is 2. The van der Waals surface area contributed by atoms with Gasteiger partial charge >= 0.3 is 0 Å². The van der Waals surface area contributed by atoms with Crippen molar-refractivity contribution in [1.29, 1.82) is 0 Å². The highest BCUT2D eigenvalue weighted by molar-refractivity contribution is 5.92. The van der Waals surface area contributed by atoms with E-state index in [2.05, 4.69) is 43.4 Å². The average molecular weight is 291 g/mol. The zero-order valence-electron chi connectivity index (χ0n) is 13.1. The van der Waals surface area contributed by atoms with Crippen molar-refractivity contribution in [2.45, 2.75) is 26.7 Å². The van der Waals surface area contributed by atoms with Crippen LogP contribution < -0.4 is 5.32 Å². The fourth-order valence-electron chi connectivity index (χ4n) is 3.06. The van der Waals surface area contributed by atoms with E-state index in [0.717, 1.165) is 23.4 Å². The summed E-state index contributed by atoms with van der Waals surface area (Å²) in [7, 11) is 0. The Morgan fingerprint density at radius 2 is 1.59 bits per heavy atom. The quantitative estimate of drug-likeness (QED) is 0.858. The minimum absolute atomic E-state index is 0.0237. The Morgan fingerprint density at radius 1 is 0.909 bits per heavy atom. The van der Waals surface area contributed by atoms with Crippen LogP contribution in [-0.4, -0.2) is 5.78 Å². The van der Waals surface area contributed by atoms with E-state index in [9.17, 15) is 4.79 Å². The third kappa shape index (κ3) is 3.28. The SMILES string of the molecule is CC1(C)CC(=O)C=C(Nc2ccccc2-c2ccccc2)C1. The molecule has 0 bridgehead atoms. The number of nitrogens with one attached hydrogen (secondary N) is 1. The Morgan fingerprint density at radius 3 is 2.32 bits per heavy atom. The molecule has 0 aliphatic heterocycles. The first-order valence-corrected chi connectivity index (χ1v) is 7.68. The molecule has 0 aromatic heterocycles. The Kier molecular flexibility index (Phi) is 3.84. The highest BCUT2D eigenvalue weighted by Crippen LogP contribution is 2.36. The van der Waals surface area contributed by atoms with Crippen molar-refractivity contribution in [2.24, 2.45) is 5.41 Å². The van der Waals surface area contributed by atoms with Gasteiger partial charge < -0.3 is 5.32 Å². The van der Waals surface area contributed by atoms with Gasteiger partial charge in [0.1, 0.15) is 0 Å². The number of anilines is 1. The van der Waals surface area contributed by atoms with Crippen LogP contribution in [0.3, 0.4) is 0 Å². The Labute approximate surface area is 131 Å². The molecule has 0 spiro atoms. The molecule has 0 saturated heterocycles. The van der Waals surface area contributed by atoms with Crippen LogP contribution in [-0.2, 0) is 4.79 Å². The summed E-state index contributed by atoms with van der Waals surface area (Å²) in [4.78, 5) is 11.9. The standard InChI is InChI=1S/C20H21NO/c1-20(2)13-16(12-17(22)14-20)21-19-11-7-6-10-18(19)15-8-4-3-5-9-15/h3-12,21H,13-14H2,1-2H3. The van der Waals surface area contributed by atoms with Crippen molar-refractivity contribution >= 4 is 11.5 Å². The maximum Gasteiger partial charge on any atom is 0.157 e. The van der Waals surface area contributed by atoms with Crippen molar-refractivity contribution in [1.82, 2.24) is 0 Å². The van der Waals surface area contributed by atoms with Crippen molar-refractivity contribution in [3.63, 3.8) is 0 Å². The van der Waals surface area contributed by atoms with E-state index in [4.69, 9.17) is 0 Å². The summed E-state index contributed by atoms with van der Waals surface area (Å²) in [5.41, 5.74) is 4.40. The van der Waals surface area contributed by atoms with Crippen LogP contribution in [0.4, 0.5) is 5.69 Å². The number of para-hydroxylation sites is 1. The summed E-state index contributed by atoms with van der Waals surface area (Å²) in [6.45, 7) is 4.28. The normalized spacial score (nSPS) is 17.0. The summed E-state index contributed by atoms with van der Waals surface area (Å²) in [6.07, 6.45) is 3.27. The van der Waals surface area contributed by atoms with E-state index in [-0.39, 0.29) is 11.2 Å². The molecule has 2 nitrogen and oxygen atoms in total. The number of allylic oxidation sites excluding steroid dienone is 2. The summed E-state index contributed by atoms with van der Waals surface area (Å²) in [6, 6.07) is 18.5. The summed E-state index contributed by atoms with van der Waals surface area (Å²) in [5.74, 6) is 0.205. The van der Waals surface area contributed by atoms with Gasteiger partial charge in [-0.15, -0.1) is 0 Å². The zero-order chi connectivity index (χ0) is 15.6. The first kappa shape index (κ1) is 14.6. The molecule has 112 valence electrons. The molecule has 0 heterocycles. The van der Waals surface area contributed by atoms with Gasteiger partial charge in [0.05, 0.1) is 0 Å². The van der Waals surface area contributed by atoms with Gasteiger partial charge in [-0.2, -0.15) is 0 Å². The fourth-order valence-corrected chi connectivity index (χ4v) is 3.06. The van der Waals surface area contributed by atoms with Gasteiger partial charge in [0.25, 0.3) is 0 Å². The number of rotatable bonds is 3. The van der Waals surface area contributed by atoms with E-state index < -0.39 is 0 Å². The molecule has 3 rings (SSSR count). The van der Waals surface area contributed by atoms with Gasteiger partial charge in [0.2, 0.25) is 0 Å². The molecule has 2 aromatic rings. The number of carbonyl (C=O) groups is 1. The molecule has 0 fully saturated rings. The van der Waals surface area contributed by atoms with Crippen LogP contribution in [0.25, 0.3) is 11.1 Å². The smallest absolute Gasteiger partial charge is 0.157 e. The highest BCUT2D eigenvalue weighted by atomic mass is 16.1. The largest absolute Gasteiger partial charge is 0.358 e. The lowest BCUT2D eigenvalue weighted by Crippen LogP contribution is -2.24. The number of ketones is 1. The van der Waals surface area contributed by atoms with Crippen molar-refractivity contribution < 1.29 is 4.79 Å². The molecule has 2 aromatic carbocycles. The van der Waals surface area contributed by atoms with Crippen molar-refractivity contribution in [3.05, 3.63) is 66.4 Å². The maximum absolute atomic E-state index is 11.9. The third-order valence-corrected chi connectivity index (χ3v) is 3.96. The molecule has 22 heavy (non-hydrogen) atoms. The van der Waals surface area contributed by atoms with Gasteiger partial charge in [-0.1, -0.05) is 62.4 Å². The third-order valence-electron chi connectivity index (χ3n) is 3.96. The van der Waals surface area contributed by atoms with Crippen LogP contribution in [0.15, 0.2) is 66.4 Å². The van der Waals surface area contributed by atoms with Gasteiger partial charge in [-0.25, -0.2) is 0 Å². The first-order chi connectivity index (χ1) is 10.5. The number of carbonyl (C=O) groups excluding carboxylic acids is 1. The lowest BCUT2D eigenvalue weighted by molar-refractivity contribution is -0.117. The molecular weight excluding hydrogens is 270 g/mol. The zero-order valence-corrected chi connectivity index (χ0v) is 13.1. The second kappa shape index (κ2) is 5.80. The fraction of sp³-hybridized carbons (Fsp3) is 0.250. The second-order valence-electron chi connectivity index (χ2n) is 6.69. The predicted octanol–water partition coefficient (Wildman–Crippen LogP) is 5.04. The summed E-state index contributed by atoms with van der Waals surface area (Å²) < 4.78 is 0. The van der Waals surface area contributed by atoms with Gasteiger partial charge in [0, 0.05) is 29.4 Å². The number of hydrogen-bond donors (Lipinski definition) is 1. The minimum Gasteiger partial charge on any atom is -0.358 e. The van der Waals surface area contributed by atoms with E-state index in [1.54, 1.807) is 6.08 Å². The second-order valence-corrected chi connectivity index (χ2v) is 6.69. The van der Waals surface area contributed by atoms with E-state index in [0.29, 0.717) is 6.42 Å². The summed E-state index contributed by atoms with van der Waals surface area (Å²) in [5, 5.41) is 3.47. The van der Waals surface area contributed by atoms with Crippen LogP contribution in [0.2, 0.25) is 0 Å². The molecule has 1 aliphatic rings. The minimum atomic E-state index is 0.0237. The molecule has 1 N–H and O–H groups in total. The van der Waals surface area contributed by atoms with Crippen LogP contribution >= 0.6 is 0 Å². The number of benzene rings is 2. The molecule has 0 atom stereocenters. The molecule has 0 amide bonds. The molecule has 0 saturated carbocycles. The highest BCUT2D eigenvalue weighted by Gasteiger charge is 2.27. The average Bonchev–Trinajstić information content (AvgIpc) is 2.46. The Hall–Kier alpha value is -2.35. The van der Waals surface area contributed by atoms with Crippen LogP contribution in [0, 0.1) is 5.41 Å². The lowest BCUT2D eigenvalue weighted by Gasteiger charge is -2.29. The van der Waals surface area contributed by atoms with Gasteiger partial charge in [0.15, 0.2) is 5.78 Å². The maximum atomic E-state index is 11.9. The Balaban J connectivity index is 1.92. The van der Waals surface area contributed by atoms with E-state index >= 15 is 0 Å². The van der Waals surface area contributed by atoms with Gasteiger partial charge in [-0.3, -0.25) is 4.79 Å². The predicted molar refractivity (Wildman–Crippen MR) is 91.6 cm³/mol. The monoisotopic (exact) mass is 291 g/mol. The topological polar surface area (TPSA) is 29.1 Å². The molecular formula is C20H21NO. The van der Waals surface area contributed by atoms with Crippen LogP contribution in [0.1, 0.15) is 26.7 Å².